The molecule has 0 aromatic heterocycles. The summed E-state index contributed by atoms with van der Waals surface area (Å²) in [6, 6.07) is 4.03. The SMILES string of the molecule is C=C(CC)CNc1c(Br)cc(Br)cc1Br. The lowest BCUT2D eigenvalue weighted by Crippen LogP contribution is -2.04. The Labute approximate surface area is 116 Å². The molecule has 0 aliphatic carbocycles. The maximum Gasteiger partial charge on any atom is 0.0632 e. The molecule has 0 aliphatic heterocycles. The van der Waals surface area contributed by atoms with Gasteiger partial charge in [-0.1, -0.05) is 35.0 Å². The first-order valence-electron chi connectivity index (χ1n) is 4.59. The fourth-order valence-electron chi connectivity index (χ4n) is 1.05. The van der Waals surface area contributed by atoms with E-state index in [2.05, 4.69) is 66.6 Å². The average Bonchev–Trinajstić information content (AvgIpc) is 2.15. The normalized spacial score (nSPS) is 10.1. The average molecular weight is 398 g/mol. The lowest BCUT2D eigenvalue weighted by atomic mass is 10.2. The van der Waals surface area contributed by atoms with E-state index in [1.807, 2.05) is 12.1 Å². The summed E-state index contributed by atoms with van der Waals surface area (Å²) >= 11 is 10.5. The number of benzene rings is 1. The van der Waals surface area contributed by atoms with Crippen LogP contribution in [0, 0.1) is 0 Å². The van der Waals surface area contributed by atoms with Crippen molar-refractivity contribution in [2.45, 2.75) is 13.3 Å². The molecule has 15 heavy (non-hydrogen) atoms. The highest BCUT2D eigenvalue weighted by molar-refractivity contribution is 9.11. The van der Waals surface area contributed by atoms with Crippen LogP contribution in [0.25, 0.3) is 0 Å². The molecule has 4 heteroatoms. The van der Waals surface area contributed by atoms with Gasteiger partial charge in [-0.15, -0.1) is 0 Å². The van der Waals surface area contributed by atoms with Crippen molar-refractivity contribution in [2.75, 3.05) is 11.9 Å². The highest BCUT2D eigenvalue weighted by atomic mass is 79.9. The van der Waals surface area contributed by atoms with Gasteiger partial charge in [0.2, 0.25) is 0 Å². The lowest BCUT2D eigenvalue weighted by molar-refractivity contribution is 1.05. The Morgan fingerprint density at radius 1 is 1.27 bits per heavy atom. The molecular weight excluding hydrogens is 386 g/mol. The van der Waals surface area contributed by atoms with Crippen molar-refractivity contribution in [3.8, 4) is 0 Å². The molecular formula is C11H12Br3N. The Hall–Kier alpha value is 0.200. The molecule has 0 atom stereocenters. The summed E-state index contributed by atoms with van der Waals surface area (Å²) in [5.41, 5.74) is 2.25. The highest BCUT2D eigenvalue weighted by Crippen LogP contribution is 2.34. The zero-order chi connectivity index (χ0) is 11.4. The molecule has 1 aromatic rings. The maximum atomic E-state index is 3.96. The molecule has 1 N–H and O–H groups in total. The van der Waals surface area contributed by atoms with Gasteiger partial charge in [-0.25, -0.2) is 0 Å². The quantitative estimate of drug-likeness (QED) is 0.675. The summed E-state index contributed by atoms with van der Waals surface area (Å²) in [5, 5.41) is 3.34. The molecule has 0 heterocycles. The van der Waals surface area contributed by atoms with E-state index < -0.39 is 0 Å². The Morgan fingerprint density at radius 3 is 2.27 bits per heavy atom. The van der Waals surface area contributed by atoms with Gasteiger partial charge in [0.1, 0.15) is 0 Å². The van der Waals surface area contributed by atoms with Crippen molar-refractivity contribution in [3.05, 3.63) is 37.7 Å². The van der Waals surface area contributed by atoms with Crippen molar-refractivity contribution in [3.63, 3.8) is 0 Å². The predicted octanol–water partition coefficient (Wildman–Crippen LogP) is 5.35. The third-order valence-electron chi connectivity index (χ3n) is 2.02. The van der Waals surface area contributed by atoms with Crippen LogP contribution >= 0.6 is 47.8 Å². The number of rotatable bonds is 4. The third kappa shape index (κ3) is 3.93. The van der Waals surface area contributed by atoms with Gasteiger partial charge >= 0.3 is 0 Å². The maximum absolute atomic E-state index is 3.96. The summed E-state index contributed by atoms with van der Waals surface area (Å²) in [6.07, 6.45) is 0.999. The van der Waals surface area contributed by atoms with Gasteiger partial charge in [0.25, 0.3) is 0 Å². The van der Waals surface area contributed by atoms with Gasteiger partial charge in [-0.2, -0.15) is 0 Å². The molecule has 1 nitrogen and oxygen atoms in total. The first-order valence-corrected chi connectivity index (χ1v) is 6.97. The molecule has 0 saturated carbocycles. The zero-order valence-electron chi connectivity index (χ0n) is 8.41. The lowest BCUT2D eigenvalue weighted by Gasteiger charge is -2.12. The zero-order valence-corrected chi connectivity index (χ0v) is 13.2. The van der Waals surface area contributed by atoms with Crippen LogP contribution in [0.3, 0.4) is 0 Å². The van der Waals surface area contributed by atoms with E-state index in [9.17, 15) is 0 Å². The molecule has 0 unspecified atom stereocenters. The minimum Gasteiger partial charge on any atom is -0.379 e. The molecule has 0 spiro atoms. The van der Waals surface area contributed by atoms with Crippen molar-refractivity contribution >= 4 is 53.5 Å². The molecule has 82 valence electrons. The molecule has 0 fully saturated rings. The van der Waals surface area contributed by atoms with Gasteiger partial charge < -0.3 is 5.32 Å². The van der Waals surface area contributed by atoms with Crippen molar-refractivity contribution in [2.24, 2.45) is 0 Å². The van der Waals surface area contributed by atoms with Crippen molar-refractivity contribution in [1.82, 2.24) is 0 Å². The summed E-state index contributed by atoms with van der Waals surface area (Å²) in [4.78, 5) is 0. The molecule has 0 amide bonds. The van der Waals surface area contributed by atoms with Gasteiger partial charge in [0, 0.05) is 20.0 Å². The molecule has 1 aromatic carbocycles. The van der Waals surface area contributed by atoms with E-state index >= 15 is 0 Å². The van der Waals surface area contributed by atoms with Crippen LogP contribution in [0.15, 0.2) is 37.7 Å². The third-order valence-corrected chi connectivity index (χ3v) is 3.73. The Balaban J connectivity index is 2.81. The van der Waals surface area contributed by atoms with Crippen LogP contribution in [0.2, 0.25) is 0 Å². The summed E-state index contributed by atoms with van der Waals surface area (Å²) in [6.45, 7) is 6.87. The molecule has 1 rings (SSSR count). The fourth-order valence-corrected chi connectivity index (χ4v) is 3.59. The number of hydrogen-bond acceptors (Lipinski definition) is 1. The van der Waals surface area contributed by atoms with E-state index in [0.717, 1.165) is 32.1 Å². The molecule has 0 bridgehead atoms. The summed E-state index contributed by atoms with van der Waals surface area (Å²) < 4.78 is 3.11. The first kappa shape index (κ1) is 13.3. The van der Waals surface area contributed by atoms with Crippen molar-refractivity contribution in [1.29, 1.82) is 0 Å². The topological polar surface area (TPSA) is 12.0 Å². The molecule has 0 aliphatic rings. The van der Waals surface area contributed by atoms with E-state index in [4.69, 9.17) is 0 Å². The van der Waals surface area contributed by atoms with E-state index in [1.54, 1.807) is 0 Å². The van der Waals surface area contributed by atoms with E-state index in [1.165, 1.54) is 5.57 Å². The van der Waals surface area contributed by atoms with Crippen LogP contribution < -0.4 is 5.32 Å². The monoisotopic (exact) mass is 395 g/mol. The smallest absolute Gasteiger partial charge is 0.0632 e. The van der Waals surface area contributed by atoms with Gasteiger partial charge in [0.15, 0.2) is 0 Å². The second-order valence-corrected chi connectivity index (χ2v) is 5.83. The standard InChI is InChI=1S/C11H12Br3N/c1-3-7(2)6-15-11-9(13)4-8(12)5-10(11)14/h4-5,15H,2-3,6H2,1H3. The number of anilines is 1. The Kier molecular flexibility index (Phi) is 5.36. The largest absolute Gasteiger partial charge is 0.379 e. The Morgan fingerprint density at radius 2 is 1.80 bits per heavy atom. The van der Waals surface area contributed by atoms with Gasteiger partial charge in [0.05, 0.1) is 5.69 Å². The van der Waals surface area contributed by atoms with Crippen LogP contribution in [-0.2, 0) is 0 Å². The van der Waals surface area contributed by atoms with Crippen molar-refractivity contribution < 1.29 is 0 Å². The summed E-state index contributed by atoms with van der Waals surface area (Å²) in [7, 11) is 0. The van der Waals surface area contributed by atoms with E-state index in [0.29, 0.717) is 0 Å². The molecule has 0 saturated heterocycles. The molecule has 0 radical (unpaired) electrons. The Bertz CT molecular complexity index is 351. The minimum absolute atomic E-state index is 0.801. The first-order chi connectivity index (χ1) is 7.04. The van der Waals surface area contributed by atoms with Crippen LogP contribution in [0.4, 0.5) is 5.69 Å². The van der Waals surface area contributed by atoms with Gasteiger partial charge in [-0.3, -0.25) is 0 Å². The summed E-state index contributed by atoms with van der Waals surface area (Å²) in [5.74, 6) is 0. The number of nitrogens with one attached hydrogen (secondary N) is 1. The van der Waals surface area contributed by atoms with Gasteiger partial charge in [-0.05, 0) is 50.4 Å². The van der Waals surface area contributed by atoms with Crippen LogP contribution in [0.1, 0.15) is 13.3 Å². The number of halogens is 3. The van der Waals surface area contributed by atoms with E-state index in [-0.39, 0.29) is 0 Å². The van der Waals surface area contributed by atoms with Crippen LogP contribution in [-0.4, -0.2) is 6.54 Å². The minimum atomic E-state index is 0.801. The predicted molar refractivity (Wildman–Crippen MR) is 77.5 cm³/mol. The second-order valence-electron chi connectivity index (χ2n) is 3.20. The second kappa shape index (κ2) is 6.06. The number of hydrogen-bond donors (Lipinski definition) is 1. The highest BCUT2D eigenvalue weighted by Gasteiger charge is 2.06. The van der Waals surface area contributed by atoms with Crippen LogP contribution in [0.5, 0.6) is 0 Å². The fraction of sp³-hybridized carbons (Fsp3) is 0.273.